The van der Waals surface area contributed by atoms with Crippen molar-refractivity contribution in [1.29, 1.82) is 0 Å². The summed E-state index contributed by atoms with van der Waals surface area (Å²) in [5, 5.41) is 0.704. The average molecular weight is 269 g/mol. The van der Waals surface area contributed by atoms with Gasteiger partial charge in [-0.05, 0) is 13.0 Å². The first-order valence-corrected chi connectivity index (χ1v) is 6.73. The highest BCUT2D eigenvalue weighted by molar-refractivity contribution is 6.33. The van der Waals surface area contributed by atoms with Gasteiger partial charge in [0.15, 0.2) is 5.79 Å². The van der Waals surface area contributed by atoms with E-state index in [0.29, 0.717) is 11.6 Å². The summed E-state index contributed by atoms with van der Waals surface area (Å²) in [6, 6.07) is 1.96. The van der Waals surface area contributed by atoms with Crippen molar-refractivity contribution in [1.82, 2.24) is 4.98 Å². The van der Waals surface area contributed by atoms with Crippen LogP contribution in [-0.2, 0) is 9.47 Å². The minimum absolute atomic E-state index is 0.209. The number of hydrogen-bond donors (Lipinski definition) is 0. The Balaban J connectivity index is 1.69. The number of aromatic nitrogens is 1. The molecule has 0 radical (unpaired) electrons. The lowest BCUT2D eigenvalue weighted by Gasteiger charge is -2.39. The van der Waals surface area contributed by atoms with Crippen molar-refractivity contribution >= 4 is 17.3 Å². The van der Waals surface area contributed by atoms with Crippen molar-refractivity contribution in [2.45, 2.75) is 31.7 Å². The maximum Gasteiger partial charge on any atom is 0.172 e. The summed E-state index contributed by atoms with van der Waals surface area (Å²) in [4.78, 5) is 6.28. The van der Waals surface area contributed by atoms with E-state index in [1.165, 1.54) is 0 Å². The second kappa shape index (κ2) is 4.68. The van der Waals surface area contributed by atoms with Gasteiger partial charge in [0.05, 0.1) is 23.4 Å². The highest BCUT2D eigenvalue weighted by atomic mass is 35.5. The molecule has 2 aliphatic rings. The molecule has 1 spiro atoms. The Kier molecular flexibility index (Phi) is 3.18. The van der Waals surface area contributed by atoms with Crippen molar-refractivity contribution in [3.05, 3.63) is 23.5 Å². The Bertz CT molecular complexity index is 433. The molecule has 98 valence electrons. The van der Waals surface area contributed by atoms with Crippen LogP contribution in [0.5, 0.6) is 0 Å². The van der Waals surface area contributed by atoms with Crippen LogP contribution in [0.1, 0.15) is 19.8 Å². The summed E-state index contributed by atoms with van der Waals surface area (Å²) in [5.74, 6) is -0.352. The van der Waals surface area contributed by atoms with E-state index in [4.69, 9.17) is 21.1 Å². The summed E-state index contributed by atoms with van der Waals surface area (Å²) in [6.45, 7) is 4.56. The quantitative estimate of drug-likeness (QED) is 0.784. The molecule has 2 saturated heterocycles. The van der Waals surface area contributed by atoms with Crippen molar-refractivity contribution in [2.24, 2.45) is 0 Å². The highest BCUT2D eigenvalue weighted by Gasteiger charge is 2.42. The molecular formula is C13H17ClN2O2. The van der Waals surface area contributed by atoms with Crippen LogP contribution in [0.3, 0.4) is 0 Å². The Hall–Kier alpha value is -0.840. The van der Waals surface area contributed by atoms with E-state index in [2.05, 4.69) is 16.8 Å². The van der Waals surface area contributed by atoms with Crippen LogP contribution >= 0.6 is 11.6 Å². The largest absolute Gasteiger partial charge is 0.370 e. The van der Waals surface area contributed by atoms with Crippen molar-refractivity contribution < 1.29 is 9.47 Å². The number of halogens is 1. The third-order valence-electron chi connectivity index (χ3n) is 3.61. The zero-order valence-electron chi connectivity index (χ0n) is 10.4. The van der Waals surface area contributed by atoms with E-state index in [1.807, 2.05) is 6.07 Å². The third kappa shape index (κ3) is 2.20. The molecule has 0 aromatic carbocycles. The molecule has 1 atom stereocenters. The van der Waals surface area contributed by atoms with Crippen LogP contribution in [0, 0.1) is 0 Å². The van der Waals surface area contributed by atoms with Gasteiger partial charge in [-0.2, -0.15) is 0 Å². The van der Waals surface area contributed by atoms with Crippen molar-refractivity contribution in [3.63, 3.8) is 0 Å². The first-order valence-electron chi connectivity index (χ1n) is 6.35. The van der Waals surface area contributed by atoms with Gasteiger partial charge in [-0.25, -0.2) is 0 Å². The fraction of sp³-hybridized carbons (Fsp3) is 0.615. The van der Waals surface area contributed by atoms with E-state index in [1.54, 1.807) is 12.4 Å². The molecule has 18 heavy (non-hydrogen) atoms. The molecule has 0 amide bonds. The first-order chi connectivity index (χ1) is 8.69. The van der Waals surface area contributed by atoms with Crippen LogP contribution in [0.15, 0.2) is 18.5 Å². The molecule has 0 N–H and O–H groups in total. The topological polar surface area (TPSA) is 34.6 Å². The molecule has 1 unspecified atom stereocenters. The standard InChI is InChI=1S/C13H17ClN2O2/c1-10-9-17-13(18-10)3-6-16(7-4-13)12-2-5-15-8-11(12)14/h2,5,8,10H,3-4,6-7,9H2,1H3. The van der Waals surface area contributed by atoms with Gasteiger partial charge in [0, 0.05) is 38.3 Å². The number of piperidine rings is 1. The van der Waals surface area contributed by atoms with E-state index in [9.17, 15) is 0 Å². The Morgan fingerprint density at radius 1 is 1.44 bits per heavy atom. The Labute approximate surface area is 112 Å². The minimum atomic E-state index is -0.352. The lowest BCUT2D eigenvalue weighted by molar-refractivity contribution is -0.178. The van der Waals surface area contributed by atoms with Gasteiger partial charge in [0.2, 0.25) is 0 Å². The fourth-order valence-electron chi connectivity index (χ4n) is 2.68. The zero-order valence-corrected chi connectivity index (χ0v) is 11.2. The minimum Gasteiger partial charge on any atom is -0.370 e. The summed E-state index contributed by atoms with van der Waals surface area (Å²) < 4.78 is 11.7. The second-order valence-corrected chi connectivity index (χ2v) is 5.37. The van der Waals surface area contributed by atoms with Gasteiger partial charge in [-0.3, -0.25) is 4.98 Å². The number of hydrogen-bond acceptors (Lipinski definition) is 4. The van der Waals surface area contributed by atoms with Crippen LogP contribution < -0.4 is 4.90 Å². The van der Waals surface area contributed by atoms with E-state index in [0.717, 1.165) is 31.6 Å². The summed E-state index contributed by atoms with van der Waals surface area (Å²) in [7, 11) is 0. The summed E-state index contributed by atoms with van der Waals surface area (Å²) in [5.41, 5.74) is 1.05. The summed E-state index contributed by atoms with van der Waals surface area (Å²) in [6.07, 6.45) is 5.44. The zero-order chi connectivity index (χ0) is 12.6. The molecule has 3 heterocycles. The van der Waals surface area contributed by atoms with Crippen LogP contribution in [0.2, 0.25) is 5.02 Å². The van der Waals surface area contributed by atoms with Crippen LogP contribution in [0.4, 0.5) is 5.69 Å². The predicted octanol–water partition coefficient (Wildman–Crippen LogP) is 2.47. The van der Waals surface area contributed by atoms with Crippen LogP contribution in [0.25, 0.3) is 0 Å². The Morgan fingerprint density at radius 3 is 2.83 bits per heavy atom. The van der Waals surface area contributed by atoms with Crippen molar-refractivity contribution in [3.8, 4) is 0 Å². The predicted molar refractivity (Wildman–Crippen MR) is 69.9 cm³/mol. The monoisotopic (exact) mass is 268 g/mol. The van der Waals surface area contributed by atoms with Gasteiger partial charge in [0.1, 0.15) is 0 Å². The van der Waals surface area contributed by atoms with Gasteiger partial charge in [-0.15, -0.1) is 0 Å². The molecular weight excluding hydrogens is 252 g/mol. The van der Waals surface area contributed by atoms with Gasteiger partial charge in [0.25, 0.3) is 0 Å². The number of nitrogens with zero attached hydrogens (tertiary/aromatic N) is 2. The lowest BCUT2D eigenvalue weighted by atomic mass is 10.0. The first kappa shape index (κ1) is 12.2. The molecule has 1 aromatic rings. The maximum absolute atomic E-state index is 6.17. The second-order valence-electron chi connectivity index (χ2n) is 4.96. The van der Waals surface area contributed by atoms with E-state index < -0.39 is 0 Å². The average Bonchev–Trinajstić information content (AvgIpc) is 2.73. The smallest absolute Gasteiger partial charge is 0.172 e. The molecule has 0 bridgehead atoms. The molecule has 0 saturated carbocycles. The number of rotatable bonds is 1. The lowest BCUT2D eigenvalue weighted by Crippen LogP contribution is -2.45. The normalized spacial score (nSPS) is 26.8. The molecule has 0 aliphatic carbocycles. The highest BCUT2D eigenvalue weighted by Crippen LogP contribution is 2.36. The van der Waals surface area contributed by atoms with E-state index in [-0.39, 0.29) is 11.9 Å². The van der Waals surface area contributed by atoms with Gasteiger partial charge in [-0.1, -0.05) is 11.6 Å². The SMILES string of the molecule is CC1COC2(CCN(c3ccncc3Cl)CC2)O1. The Morgan fingerprint density at radius 2 is 2.22 bits per heavy atom. The molecule has 5 heteroatoms. The molecule has 3 rings (SSSR count). The number of ether oxygens (including phenoxy) is 2. The third-order valence-corrected chi connectivity index (χ3v) is 3.91. The van der Waals surface area contributed by atoms with Gasteiger partial charge < -0.3 is 14.4 Å². The summed E-state index contributed by atoms with van der Waals surface area (Å²) >= 11 is 6.17. The van der Waals surface area contributed by atoms with Crippen LogP contribution in [-0.4, -0.2) is 36.6 Å². The number of pyridine rings is 1. The molecule has 1 aromatic heterocycles. The van der Waals surface area contributed by atoms with Crippen molar-refractivity contribution in [2.75, 3.05) is 24.6 Å². The van der Waals surface area contributed by atoms with Gasteiger partial charge >= 0.3 is 0 Å². The molecule has 2 aliphatic heterocycles. The maximum atomic E-state index is 6.17. The fourth-order valence-corrected chi connectivity index (χ4v) is 2.92. The number of anilines is 1. The molecule has 4 nitrogen and oxygen atoms in total. The van der Waals surface area contributed by atoms with E-state index >= 15 is 0 Å². The molecule has 2 fully saturated rings.